The van der Waals surface area contributed by atoms with Crippen molar-refractivity contribution >= 4 is 17.1 Å². The molecule has 0 heterocycles. The molecule has 2 aliphatic rings. The van der Waals surface area contributed by atoms with Crippen LogP contribution in [0.1, 0.15) is 71.4 Å². The molecule has 0 aromatic heterocycles. The van der Waals surface area contributed by atoms with Gasteiger partial charge in [-0.15, -0.1) is 0 Å². The Morgan fingerprint density at radius 2 is 0.947 bits per heavy atom. The molecule has 10 rings (SSSR count). The predicted molar refractivity (Wildman–Crippen MR) is 240 cm³/mol. The number of fused-ring (bicyclic) bond motifs is 3. The second-order valence-electron chi connectivity index (χ2n) is 15.9. The summed E-state index contributed by atoms with van der Waals surface area (Å²) in [6, 6.07) is 74.5. The van der Waals surface area contributed by atoms with Crippen molar-refractivity contribution in [3.63, 3.8) is 0 Å². The maximum absolute atomic E-state index is 2.49. The molecule has 1 fully saturated rings. The van der Waals surface area contributed by atoms with Gasteiger partial charge in [-0.05, 0) is 129 Å². The maximum Gasteiger partial charge on any atom is 0.0714 e. The number of benzene rings is 8. The van der Waals surface area contributed by atoms with Crippen LogP contribution >= 0.6 is 0 Å². The lowest BCUT2D eigenvalue weighted by atomic mass is 9.67. The minimum Gasteiger partial charge on any atom is -0.310 e. The van der Waals surface area contributed by atoms with Gasteiger partial charge in [0.15, 0.2) is 0 Å². The number of hydrogen-bond donors (Lipinski definition) is 0. The fraction of sp³-hybridized carbons (Fsp3) is 0.143. The smallest absolute Gasteiger partial charge is 0.0714 e. The summed E-state index contributed by atoms with van der Waals surface area (Å²) in [4.78, 5) is 2.47. The van der Waals surface area contributed by atoms with Crippen molar-refractivity contribution in [2.24, 2.45) is 0 Å². The molecule has 0 aliphatic heterocycles. The summed E-state index contributed by atoms with van der Waals surface area (Å²) in [7, 11) is 0. The number of aryl methyl sites for hydroxylation is 1. The van der Waals surface area contributed by atoms with E-state index < -0.39 is 5.41 Å². The molecule has 0 atom stereocenters. The van der Waals surface area contributed by atoms with Gasteiger partial charge in [0.25, 0.3) is 0 Å². The van der Waals surface area contributed by atoms with Crippen LogP contribution in [0.2, 0.25) is 0 Å². The minimum absolute atomic E-state index is 0.475. The lowest BCUT2D eigenvalue weighted by molar-refractivity contribution is 0.443. The first-order chi connectivity index (χ1) is 28.2. The lowest BCUT2D eigenvalue weighted by Gasteiger charge is -2.35. The van der Waals surface area contributed by atoms with Crippen LogP contribution in [-0.4, -0.2) is 0 Å². The van der Waals surface area contributed by atoms with E-state index in [1.165, 1.54) is 105 Å². The second-order valence-corrected chi connectivity index (χ2v) is 15.9. The van der Waals surface area contributed by atoms with E-state index >= 15 is 0 Å². The molecular weight excluding hydrogens is 687 g/mol. The zero-order valence-electron chi connectivity index (χ0n) is 32.6. The highest BCUT2D eigenvalue weighted by Gasteiger charge is 2.46. The third-order valence-electron chi connectivity index (χ3n) is 12.7. The highest BCUT2D eigenvalue weighted by Crippen LogP contribution is 2.58. The maximum atomic E-state index is 2.49. The van der Waals surface area contributed by atoms with Gasteiger partial charge in [0, 0.05) is 17.1 Å². The van der Waals surface area contributed by atoms with E-state index in [1.54, 1.807) is 0 Å². The van der Waals surface area contributed by atoms with E-state index in [0.29, 0.717) is 5.92 Å². The van der Waals surface area contributed by atoms with Crippen molar-refractivity contribution in [3.8, 4) is 33.4 Å². The number of anilines is 3. The van der Waals surface area contributed by atoms with E-state index in [4.69, 9.17) is 0 Å². The largest absolute Gasteiger partial charge is 0.310 e. The quantitative estimate of drug-likeness (QED) is 0.150. The Hall–Kier alpha value is -6.44. The second kappa shape index (κ2) is 14.9. The third-order valence-corrected chi connectivity index (χ3v) is 12.7. The van der Waals surface area contributed by atoms with E-state index in [0.717, 1.165) is 11.4 Å². The zero-order valence-corrected chi connectivity index (χ0v) is 32.6. The molecule has 8 aromatic carbocycles. The van der Waals surface area contributed by atoms with Gasteiger partial charge in [0.2, 0.25) is 0 Å². The summed E-state index contributed by atoms with van der Waals surface area (Å²) in [5.41, 5.74) is 18.5. The Labute approximate surface area is 337 Å². The van der Waals surface area contributed by atoms with Gasteiger partial charge in [-0.3, -0.25) is 0 Å². The van der Waals surface area contributed by atoms with Crippen LogP contribution in [0.15, 0.2) is 200 Å². The Kier molecular flexibility index (Phi) is 9.15. The van der Waals surface area contributed by atoms with E-state index in [-0.39, 0.29) is 0 Å². The molecular formula is C56H47N. The van der Waals surface area contributed by atoms with Gasteiger partial charge in [-0.1, -0.05) is 183 Å². The fourth-order valence-electron chi connectivity index (χ4n) is 10.0. The summed E-state index contributed by atoms with van der Waals surface area (Å²) >= 11 is 0. The molecule has 276 valence electrons. The van der Waals surface area contributed by atoms with Gasteiger partial charge in [-0.25, -0.2) is 0 Å². The van der Waals surface area contributed by atoms with Crippen molar-refractivity contribution in [2.75, 3.05) is 4.90 Å². The number of hydrogen-bond acceptors (Lipinski definition) is 1. The first kappa shape index (κ1) is 35.0. The summed E-state index contributed by atoms with van der Waals surface area (Å²) < 4.78 is 0. The van der Waals surface area contributed by atoms with E-state index in [1.807, 2.05) is 0 Å². The zero-order chi connectivity index (χ0) is 38.2. The van der Waals surface area contributed by atoms with Crippen molar-refractivity contribution in [2.45, 2.75) is 50.4 Å². The van der Waals surface area contributed by atoms with Gasteiger partial charge in [0.1, 0.15) is 0 Å². The molecule has 0 spiro atoms. The van der Waals surface area contributed by atoms with Crippen LogP contribution in [0.5, 0.6) is 0 Å². The molecule has 0 N–H and O–H groups in total. The van der Waals surface area contributed by atoms with Crippen LogP contribution in [0.4, 0.5) is 17.1 Å². The Morgan fingerprint density at radius 3 is 1.56 bits per heavy atom. The topological polar surface area (TPSA) is 3.24 Å². The Morgan fingerprint density at radius 1 is 0.421 bits per heavy atom. The van der Waals surface area contributed by atoms with Gasteiger partial charge < -0.3 is 4.90 Å². The fourth-order valence-corrected chi connectivity index (χ4v) is 10.0. The Balaban J connectivity index is 1.15. The van der Waals surface area contributed by atoms with Gasteiger partial charge in [-0.2, -0.15) is 0 Å². The van der Waals surface area contributed by atoms with Crippen LogP contribution < -0.4 is 4.90 Å². The molecule has 8 aromatic rings. The average Bonchev–Trinajstić information content (AvgIpc) is 3.59. The first-order valence-electron chi connectivity index (χ1n) is 20.7. The standard InChI is InChI=1S/C56H47N/c1-40-17-16-28-53-55(40)52-38-37-49(39-54(52)56(53,45-22-10-4-11-23-45)46-24-12-5-13-25-46)57(47-33-29-42(30-34-47)41-18-6-2-7-19-41)48-35-31-44(32-36-48)51-27-15-14-26-50(51)43-20-8-3-9-21-43/h3-5,8-17,20-39,41H,2,6-7,18-19H2,1H3. The summed E-state index contributed by atoms with van der Waals surface area (Å²) in [5, 5.41) is 0. The van der Waals surface area contributed by atoms with Crippen LogP contribution in [0.3, 0.4) is 0 Å². The molecule has 2 aliphatic carbocycles. The van der Waals surface area contributed by atoms with E-state index in [9.17, 15) is 0 Å². The van der Waals surface area contributed by atoms with Crippen molar-refractivity contribution in [1.82, 2.24) is 0 Å². The first-order valence-corrected chi connectivity index (χ1v) is 20.7. The Bertz CT molecular complexity index is 2600. The molecule has 57 heavy (non-hydrogen) atoms. The highest BCUT2D eigenvalue weighted by molar-refractivity contribution is 5.91. The molecule has 0 saturated heterocycles. The van der Waals surface area contributed by atoms with Crippen LogP contribution in [-0.2, 0) is 5.41 Å². The van der Waals surface area contributed by atoms with E-state index in [2.05, 4.69) is 212 Å². The number of rotatable bonds is 8. The monoisotopic (exact) mass is 733 g/mol. The third kappa shape index (κ3) is 6.10. The molecule has 1 heteroatoms. The molecule has 1 saturated carbocycles. The summed E-state index contributed by atoms with van der Waals surface area (Å²) in [6.45, 7) is 2.26. The summed E-state index contributed by atoms with van der Waals surface area (Å²) in [5.74, 6) is 0.657. The molecule has 0 unspecified atom stereocenters. The van der Waals surface area contributed by atoms with Gasteiger partial charge in [0.05, 0.1) is 5.41 Å². The van der Waals surface area contributed by atoms with Crippen molar-refractivity contribution in [1.29, 1.82) is 0 Å². The lowest BCUT2D eigenvalue weighted by Crippen LogP contribution is -2.28. The predicted octanol–water partition coefficient (Wildman–Crippen LogP) is 15.2. The van der Waals surface area contributed by atoms with Crippen molar-refractivity contribution < 1.29 is 0 Å². The molecule has 1 nitrogen and oxygen atoms in total. The highest BCUT2D eigenvalue weighted by atomic mass is 15.1. The SMILES string of the molecule is Cc1cccc2c1-c1ccc(N(c3ccc(-c4ccccc4-c4ccccc4)cc3)c3ccc(C4CCCCC4)cc3)cc1C2(c1ccccc1)c1ccccc1. The van der Waals surface area contributed by atoms with Crippen LogP contribution in [0, 0.1) is 6.92 Å². The molecule has 0 amide bonds. The minimum atomic E-state index is -0.475. The number of nitrogens with zero attached hydrogens (tertiary/aromatic N) is 1. The van der Waals surface area contributed by atoms with Crippen molar-refractivity contribution in [3.05, 3.63) is 234 Å². The normalized spacial score (nSPS) is 14.5. The molecule has 0 bridgehead atoms. The molecule has 0 radical (unpaired) electrons. The average molecular weight is 734 g/mol. The van der Waals surface area contributed by atoms with Gasteiger partial charge >= 0.3 is 0 Å². The summed E-state index contributed by atoms with van der Waals surface area (Å²) in [6.07, 6.45) is 6.62. The van der Waals surface area contributed by atoms with Crippen LogP contribution in [0.25, 0.3) is 33.4 Å².